The van der Waals surface area contributed by atoms with Gasteiger partial charge in [0.05, 0.1) is 16.7 Å². The average molecular weight is 310 g/mol. The Morgan fingerprint density at radius 3 is 2.15 bits per heavy atom. The number of benzene rings is 2. The summed E-state index contributed by atoms with van der Waals surface area (Å²) in [6, 6.07) is 7.92. The van der Waals surface area contributed by atoms with Crippen LogP contribution in [0.5, 0.6) is 5.75 Å². The lowest BCUT2D eigenvalue weighted by Gasteiger charge is -2.04. The van der Waals surface area contributed by atoms with Crippen LogP contribution < -0.4 is 0 Å². The highest BCUT2D eigenvalue weighted by molar-refractivity contribution is 6.42. The van der Waals surface area contributed by atoms with E-state index in [0.717, 1.165) is 0 Å². The van der Waals surface area contributed by atoms with E-state index >= 15 is 0 Å². The van der Waals surface area contributed by atoms with Gasteiger partial charge >= 0.3 is 0 Å². The SMILES string of the molecule is OCc1ccc(O)c(-n2nc3cc(Cl)c(Cl)cc3n2)c1. The van der Waals surface area contributed by atoms with Crippen molar-refractivity contribution in [1.29, 1.82) is 0 Å². The second kappa shape index (κ2) is 4.94. The van der Waals surface area contributed by atoms with Gasteiger partial charge in [-0.15, -0.1) is 15.0 Å². The van der Waals surface area contributed by atoms with Crippen molar-refractivity contribution in [2.45, 2.75) is 6.61 Å². The van der Waals surface area contributed by atoms with E-state index in [0.29, 0.717) is 32.3 Å². The summed E-state index contributed by atoms with van der Waals surface area (Å²) >= 11 is 11.9. The van der Waals surface area contributed by atoms with Crippen LogP contribution in [-0.4, -0.2) is 25.2 Å². The molecule has 0 amide bonds. The molecular weight excluding hydrogens is 301 g/mol. The molecule has 7 heteroatoms. The van der Waals surface area contributed by atoms with E-state index in [-0.39, 0.29) is 12.4 Å². The molecule has 5 nitrogen and oxygen atoms in total. The highest BCUT2D eigenvalue weighted by atomic mass is 35.5. The van der Waals surface area contributed by atoms with Gasteiger partial charge in [-0.3, -0.25) is 0 Å². The number of aliphatic hydroxyl groups is 1. The van der Waals surface area contributed by atoms with Gasteiger partial charge in [0.25, 0.3) is 0 Å². The van der Waals surface area contributed by atoms with Crippen molar-refractivity contribution >= 4 is 34.2 Å². The molecule has 1 aromatic heterocycles. The number of phenolic OH excluding ortho intramolecular Hbond substituents is 1. The Bertz CT molecular complexity index is 763. The van der Waals surface area contributed by atoms with E-state index in [1.807, 2.05) is 0 Å². The van der Waals surface area contributed by atoms with Crippen molar-refractivity contribution in [3.8, 4) is 11.4 Å². The van der Waals surface area contributed by atoms with Crippen molar-refractivity contribution in [3.63, 3.8) is 0 Å². The molecule has 0 aliphatic carbocycles. The van der Waals surface area contributed by atoms with E-state index in [4.69, 9.17) is 28.3 Å². The molecule has 0 unspecified atom stereocenters. The number of fused-ring (bicyclic) bond motifs is 1. The van der Waals surface area contributed by atoms with Crippen LogP contribution in [0, 0.1) is 0 Å². The largest absolute Gasteiger partial charge is 0.506 e. The molecule has 20 heavy (non-hydrogen) atoms. The predicted octanol–water partition coefficient (Wildman–Crippen LogP) is 2.93. The first kappa shape index (κ1) is 13.2. The van der Waals surface area contributed by atoms with Crippen molar-refractivity contribution in [2.24, 2.45) is 0 Å². The standard InChI is InChI=1S/C13H9Cl2N3O2/c14-8-4-10-11(5-9(8)15)17-18(16-10)12-3-7(6-19)1-2-13(12)20/h1-5,19-20H,6H2. The summed E-state index contributed by atoms with van der Waals surface area (Å²) in [6.45, 7) is -0.133. The first-order valence-electron chi connectivity index (χ1n) is 5.73. The zero-order valence-electron chi connectivity index (χ0n) is 10.1. The number of aliphatic hydroxyl groups excluding tert-OH is 1. The Hall–Kier alpha value is -1.82. The van der Waals surface area contributed by atoms with Crippen molar-refractivity contribution < 1.29 is 10.2 Å². The molecule has 0 aliphatic heterocycles. The van der Waals surface area contributed by atoms with Gasteiger partial charge in [-0.25, -0.2) is 0 Å². The second-order valence-electron chi connectivity index (χ2n) is 4.23. The zero-order chi connectivity index (χ0) is 14.3. The first-order chi connectivity index (χ1) is 9.58. The summed E-state index contributed by atoms with van der Waals surface area (Å²) < 4.78 is 0. The monoisotopic (exact) mass is 309 g/mol. The quantitative estimate of drug-likeness (QED) is 0.763. The Labute approximate surface area is 124 Å². The van der Waals surface area contributed by atoms with E-state index in [9.17, 15) is 5.11 Å². The molecule has 0 atom stereocenters. The fourth-order valence-corrected chi connectivity index (χ4v) is 2.16. The van der Waals surface area contributed by atoms with Crippen LogP contribution in [0.25, 0.3) is 16.7 Å². The lowest BCUT2D eigenvalue weighted by atomic mass is 10.2. The minimum atomic E-state index is -0.133. The molecule has 0 spiro atoms. The van der Waals surface area contributed by atoms with Gasteiger partial charge < -0.3 is 10.2 Å². The number of rotatable bonds is 2. The Morgan fingerprint density at radius 1 is 1.00 bits per heavy atom. The van der Waals surface area contributed by atoms with Crippen LogP contribution in [0.2, 0.25) is 10.0 Å². The maximum atomic E-state index is 9.88. The molecule has 1 heterocycles. The average Bonchev–Trinajstić information content (AvgIpc) is 2.82. The van der Waals surface area contributed by atoms with E-state index < -0.39 is 0 Å². The molecule has 3 aromatic rings. The molecule has 0 fully saturated rings. The number of aromatic nitrogens is 3. The zero-order valence-corrected chi connectivity index (χ0v) is 11.6. The number of aromatic hydroxyl groups is 1. The molecular formula is C13H9Cl2N3O2. The Kier molecular flexibility index (Phi) is 3.25. The third-order valence-electron chi connectivity index (χ3n) is 2.86. The second-order valence-corrected chi connectivity index (χ2v) is 5.04. The van der Waals surface area contributed by atoms with Crippen molar-refractivity contribution in [2.75, 3.05) is 0 Å². The van der Waals surface area contributed by atoms with Gasteiger partial charge in [0, 0.05) is 0 Å². The fourth-order valence-electron chi connectivity index (χ4n) is 1.85. The van der Waals surface area contributed by atoms with Gasteiger partial charge in [-0.2, -0.15) is 0 Å². The van der Waals surface area contributed by atoms with Gasteiger partial charge in [0.2, 0.25) is 0 Å². The van der Waals surface area contributed by atoms with Gasteiger partial charge in [-0.05, 0) is 29.8 Å². The Balaban J connectivity index is 2.19. The van der Waals surface area contributed by atoms with E-state index in [1.165, 1.54) is 10.9 Å². The molecule has 0 saturated carbocycles. The minimum absolute atomic E-state index is 0.0136. The van der Waals surface area contributed by atoms with E-state index in [1.54, 1.807) is 24.3 Å². The lowest BCUT2D eigenvalue weighted by molar-refractivity contribution is 0.281. The summed E-state index contributed by atoms with van der Waals surface area (Å²) in [5.74, 6) is 0.0136. The van der Waals surface area contributed by atoms with Crippen LogP contribution in [0.15, 0.2) is 30.3 Å². The number of halogens is 2. The van der Waals surface area contributed by atoms with Crippen LogP contribution >= 0.6 is 23.2 Å². The smallest absolute Gasteiger partial charge is 0.143 e. The topological polar surface area (TPSA) is 71.2 Å². The minimum Gasteiger partial charge on any atom is -0.506 e. The van der Waals surface area contributed by atoms with Gasteiger partial charge in [-0.1, -0.05) is 29.3 Å². The third kappa shape index (κ3) is 2.20. The molecule has 0 saturated heterocycles. The summed E-state index contributed by atoms with van der Waals surface area (Å²) in [7, 11) is 0. The van der Waals surface area contributed by atoms with Gasteiger partial charge in [0.15, 0.2) is 0 Å². The molecule has 3 rings (SSSR count). The molecule has 102 valence electrons. The number of phenols is 1. The summed E-state index contributed by atoms with van der Waals surface area (Å²) in [6.07, 6.45) is 0. The Morgan fingerprint density at radius 2 is 1.60 bits per heavy atom. The first-order valence-corrected chi connectivity index (χ1v) is 6.49. The number of nitrogens with zero attached hydrogens (tertiary/aromatic N) is 3. The molecule has 0 aliphatic rings. The normalized spacial score (nSPS) is 11.2. The highest BCUT2D eigenvalue weighted by Gasteiger charge is 2.11. The summed E-state index contributed by atoms with van der Waals surface area (Å²) in [5.41, 5.74) is 2.15. The molecule has 2 aromatic carbocycles. The van der Waals surface area contributed by atoms with Crippen LogP contribution in [-0.2, 0) is 6.61 Å². The van der Waals surface area contributed by atoms with Crippen LogP contribution in [0.3, 0.4) is 0 Å². The van der Waals surface area contributed by atoms with Crippen LogP contribution in [0.1, 0.15) is 5.56 Å². The lowest BCUT2D eigenvalue weighted by Crippen LogP contribution is -2.00. The fraction of sp³-hybridized carbons (Fsp3) is 0.0769. The maximum absolute atomic E-state index is 9.88. The third-order valence-corrected chi connectivity index (χ3v) is 3.58. The predicted molar refractivity (Wildman–Crippen MR) is 76.5 cm³/mol. The van der Waals surface area contributed by atoms with Crippen LogP contribution in [0.4, 0.5) is 0 Å². The van der Waals surface area contributed by atoms with Crippen molar-refractivity contribution in [3.05, 3.63) is 45.9 Å². The summed E-state index contributed by atoms with van der Waals surface area (Å²) in [4.78, 5) is 1.28. The number of hydrogen-bond donors (Lipinski definition) is 2. The summed E-state index contributed by atoms with van der Waals surface area (Å²) in [5, 5.41) is 28.3. The molecule has 0 radical (unpaired) electrons. The number of hydrogen-bond acceptors (Lipinski definition) is 4. The molecule has 2 N–H and O–H groups in total. The maximum Gasteiger partial charge on any atom is 0.143 e. The highest BCUT2D eigenvalue weighted by Crippen LogP contribution is 2.28. The van der Waals surface area contributed by atoms with Gasteiger partial charge in [0.1, 0.15) is 22.5 Å². The molecule has 0 bridgehead atoms. The van der Waals surface area contributed by atoms with E-state index in [2.05, 4.69) is 10.2 Å². The van der Waals surface area contributed by atoms with Crippen molar-refractivity contribution in [1.82, 2.24) is 15.0 Å².